The Kier molecular flexibility index (Phi) is 6.20. The van der Waals surface area contributed by atoms with Crippen LogP contribution in [-0.4, -0.2) is 72.3 Å². The number of ether oxygens (including phenoxy) is 1. The van der Waals surface area contributed by atoms with E-state index in [1.165, 1.54) is 4.31 Å². The number of nitrogens with one attached hydrogen (secondary N) is 2. The van der Waals surface area contributed by atoms with Crippen molar-refractivity contribution in [3.05, 3.63) is 37.9 Å². The number of aromatic amines is 2. The summed E-state index contributed by atoms with van der Waals surface area (Å²) in [5, 5.41) is 0. The molecule has 0 bridgehead atoms. The topological polar surface area (TPSA) is 133 Å². The molecule has 0 aromatic carbocycles. The van der Waals surface area contributed by atoms with Crippen molar-refractivity contribution in [3.63, 3.8) is 0 Å². The van der Waals surface area contributed by atoms with Crippen LogP contribution in [0.5, 0.6) is 0 Å². The van der Waals surface area contributed by atoms with Gasteiger partial charge < -0.3 is 19.6 Å². The number of hydrogen-bond acceptors (Lipinski definition) is 7. The molecule has 164 valence electrons. The minimum atomic E-state index is -3.80. The number of hydrogen-bond donors (Lipinski definition) is 2. The fourth-order valence-corrected chi connectivity index (χ4v) is 6.37. The van der Waals surface area contributed by atoms with E-state index in [0.717, 1.165) is 0 Å². The lowest BCUT2D eigenvalue weighted by Crippen LogP contribution is -2.50. The maximum atomic E-state index is 13.0. The Bertz CT molecular complexity index is 1140. The number of carbonyl (C=O) groups excluding carboxylic acids is 2. The van der Waals surface area contributed by atoms with E-state index in [1.54, 1.807) is 32.6 Å². The molecule has 0 atom stereocenters. The number of amides is 1. The van der Waals surface area contributed by atoms with Gasteiger partial charge in [-0.3, -0.25) is 9.59 Å². The van der Waals surface area contributed by atoms with Crippen LogP contribution in [0.2, 0.25) is 0 Å². The summed E-state index contributed by atoms with van der Waals surface area (Å²) in [4.78, 5) is 43.2. The number of sulfonamides is 1. The summed E-state index contributed by atoms with van der Waals surface area (Å²) in [5.41, 5.74) is 2.02. The molecule has 1 fully saturated rings. The van der Waals surface area contributed by atoms with Gasteiger partial charge in [-0.2, -0.15) is 4.31 Å². The van der Waals surface area contributed by atoms with E-state index in [2.05, 4.69) is 9.97 Å². The number of aromatic nitrogens is 2. The first-order chi connectivity index (χ1) is 14.1. The van der Waals surface area contributed by atoms with E-state index in [-0.39, 0.29) is 42.9 Å². The molecule has 0 unspecified atom stereocenters. The lowest BCUT2D eigenvalue weighted by molar-refractivity contribution is 0.0525. The predicted octanol–water partition coefficient (Wildman–Crippen LogP) is 1.01. The van der Waals surface area contributed by atoms with E-state index in [1.807, 2.05) is 0 Å². The normalized spacial score (nSPS) is 15.4. The molecule has 0 radical (unpaired) electrons. The minimum Gasteiger partial charge on any atom is -0.462 e. The molecule has 0 spiro atoms. The van der Waals surface area contributed by atoms with Gasteiger partial charge >= 0.3 is 10.8 Å². The zero-order valence-corrected chi connectivity index (χ0v) is 18.8. The summed E-state index contributed by atoms with van der Waals surface area (Å²) in [7, 11) is -3.80. The molecule has 0 saturated carbocycles. The average Bonchev–Trinajstić information content (AvgIpc) is 3.19. The SMILES string of the molecule is CCOC(=O)c1c(C)[nH]c(C(=O)N2CCN(S(=O)(=O)c3sc(=O)[nH]c3C)CC2)c1C. The molecule has 2 aromatic rings. The first-order valence-electron chi connectivity index (χ1n) is 9.43. The molecular formula is C18H24N4O6S2. The molecule has 30 heavy (non-hydrogen) atoms. The second-order valence-electron chi connectivity index (χ2n) is 6.97. The molecule has 1 saturated heterocycles. The van der Waals surface area contributed by atoms with Gasteiger partial charge in [-0.15, -0.1) is 0 Å². The number of carbonyl (C=O) groups is 2. The first kappa shape index (κ1) is 22.2. The molecule has 12 heteroatoms. The van der Waals surface area contributed by atoms with Crippen molar-refractivity contribution in [2.45, 2.75) is 31.9 Å². The van der Waals surface area contributed by atoms with Crippen LogP contribution < -0.4 is 4.87 Å². The van der Waals surface area contributed by atoms with Gasteiger partial charge in [0.2, 0.25) is 0 Å². The van der Waals surface area contributed by atoms with Crippen LogP contribution in [0.1, 0.15) is 44.7 Å². The number of aryl methyl sites for hydroxylation is 2. The molecule has 2 N–H and O–H groups in total. The summed E-state index contributed by atoms with van der Waals surface area (Å²) in [6, 6.07) is 0. The molecule has 1 aliphatic rings. The number of esters is 1. The summed E-state index contributed by atoms with van der Waals surface area (Å²) in [6.45, 7) is 7.49. The third-order valence-electron chi connectivity index (χ3n) is 5.01. The lowest BCUT2D eigenvalue weighted by Gasteiger charge is -2.33. The minimum absolute atomic E-state index is 0.00203. The van der Waals surface area contributed by atoms with E-state index in [9.17, 15) is 22.8 Å². The Morgan fingerprint density at radius 1 is 1.07 bits per heavy atom. The van der Waals surface area contributed by atoms with Gasteiger partial charge in [0.1, 0.15) is 5.69 Å². The highest BCUT2D eigenvalue weighted by atomic mass is 32.2. The highest BCUT2D eigenvalue weighted by molar-refractivity contribution is 7.91. The monoisotopic (exact) mass is 456 g/mol. The molecule has 10 nitrogen and oxygen atoms in total. The Balaban J connectivity index is 1.75. The van der Waals surface area contributed by atoms with Crippen LogP contribution in [0.25, 0.3) is 0 Å². The van der Waals surface area contributed by atoms with Crippen molar-refractivity contribution in [3.8, 4) is 0 Å². The maximum absolute atomic E-state index is 13.0. The molecule has 0 aliphatic carbocycles. The predicted molar refractivity (Wildman–Crippen MR) is 111 cm³/mol. The van der Waals surface area contributed by atoms with Crippen molar-refractivity contribution >= 4 is 33.2 Å². The fraction of sp³-hybridized carbons (Fsp3) is 0.500. The number of H-pyrrole nitrogens is 2. The third-order valence-corrected chi connectivity index (χ3v) is 8.49. The summed E-state index contributed by atoms with van der Waals surface area (Å²) >= 11 is 0.662. The van der Waals surface area contributed by atoms with Gasteiger partial charge in [-0.25, -0.2) is 13.2 Å². The highest BCUT2D eigenvalue weighted by Gasteiger charge is 2.34. The van der Waals surface area contributed by atoms with Crippen molar-refractivity contribution in [1.29, 1.82) is 0 Å². The molecular weight excluding hydrogens is 432 g/mol. The summed E-state index contributed by atoms with van der Waals surface area (Å²) < 4.78 is 32.0. The number of thiazole rings is 1. The van der Waals surface area contributed by atoms with Crippen LogP contribution in [-0.2, 0) is 14.8 Å². The average molecular weight is 457 g/mol. The van der Waals surface area contributed by atoms with Crippen LogP contribution in [0.15, 0.2) is 9.00 Å². The molecule has 1 aliphatic heterocycles. The van der Waals surface area contributed by atoms with Crippen molar-refractivity contribution < 1.29 is 22.7 Å². The Labute approximate surface area is 177 Å². The van der Waals surface area contributed by atoms with Gasteiger partial charge in [-0.05, 0) is 33.3 Å². The largest absolute Gasteiger partial charge is 0.462 e. The Hall–Kier alpha value is -2.44. The number of nitrogens with zero attached hydrogens (tertiary/aromatic N) is 2. The highest BCUT2D eigenvalue weighted by Crippen LogP contribution is 2.24. The third kappa shape index (κ3) is 3.94. The van der Waals surface area contributed by atoms with Crippen molar-refractivity contribution in [2.75, 3.05) is 32.8 Å². The van der Waals surface area contributed by atoms with Gasteiger partial charge in [-0.1, -0.05) is 11.3 Å². The quantitative estimate of drug-likeness (QED) is 0.646. The van der Waals surface area contributed by atoms with Crippen molar-refractivity contribution in [1.82, 2.24) is 19.2 Å². The van der Waals surface area contributed by atoms with E-state index in [4.69, 9.17) is 4.74 Å². The van der Waals surface area contributed by atoms with Gasteiger partial charge in [0.15, 0.2) is 4.21 Å². The van der Waals surface area contributed by atoms with Gasteiger partial charge in [0.25, 0.3) is 15.9 Å². The van der Waals surface area contributed by atoms with Gasteiger partial charge in [0.05, 0.1) is 12.2 Å². The molecule has 1 amide bonds. The smallest absolute Gasteiger partial charge is 0.340 e. The molecule has 3 heterocycles. The van der Waals surface area contributed by atoms with Crippen LogP contribution in [0.3, 0.4) is 0 Å². The molecule has 2 aromatic heterocycles. The second-order valence-corrected chi connectivity index (χ2v) is 10.1. The van der Waals surface area contributed by atoms with E-state index >= 15 is 0 Å². The van der Waals surface area contributed by atoms with Crippen molar-refractivity contribution in [2.24, 2.45) is 0 Å². The Morgan fingerprint density at radius 3 is 2.23 bits per heavy atom. The van der Waals surface area contributed by atoms with E-state index in [0.29, 0.717) is 39.5 Å². The zero-order valence-electron chi connectivity index (χ0n) is 17.2. The fourth-order valence-electron chi connectivity index (χ4n) is 3.52. The van der Waals surface area contributed by atoms with Crippen LogP contribution >= 0.6 is 11.3 Å². The number of piperazine rings is 1. The Morgan fingerprint density at radius 2 is 1.70 bits per heavy atom. The number of rotatable bonds is 5. The standard InChI is InChI=1S/C18H24N4O6S2/c1-5-28-16(24)13-10(2)14(19-11(13)3)15(23)21-6-8-22(9-7-21)30(26,27)17-12(4)20-18(25)29-17/h19H,5-9H2,1-4H3,(H,20,25). The van der Waals surface area contributed by atoms with Gasteiger partial charge in [0, 0.05) is 37.6 Å². The molecule has 3 rings (SSSR count). The zero-order chi connectivity index (χ0) is 22.2. The van der Waals surface area contributed by atoms with Crippen LogP contribution in [0, 0.1) is 20.8 Å². The summed E-state index contributed by atoms with van der Waals surface area (Å²) in [6.07, 6.45) is 0. The summed E-state index contributed by atoms with van der Waals surface area (Å²) in [5.74, 6) is -0.787. The maximum Gasteiger partial charge on any atom is 0.340 e. The lowest BCUT2D eigenvalue weighted by atomic mass is 10.1. The van der Waals surface area contributed by atoms with Crippen LogP contribution in [0.4, 0.5) is 0 Å². The second kappa shape index (κ2) is 8.36. The van der Waals surface area contributed by atoms with E-state index < -0.39 is 20.9 Å². The first-order valence-corrected chi connectivity index (χ1v) is 11.7.